The summed E-state index contributed by atoms with van der Waals surface area (Å²) in [6.07, 6.45) is 1.67. The van der Waals surface area contributed by atoms with Gasteiger partial charge in [0.05, 0.1) is 12.2 Å². The van der Waals surface area contributed by atoms with Crippen molar-refractivity contribution in [3.05, 3.63) is 29.8 Å². The molecule has 3 nitrogen and oxygen atoms in total. The molecule has 0 radical (unpaired) electrons. The van der Waals surface area contributed by atoms with Crippen molar-refractivity contribution in [2.24, 2.45) is 5.92 Å². The lowest BCUT2D eigenvalue weighted by atomic mass is 10.00. The second-order valence-electron chi connectivity index (χ2n) is 5.41. The maximum Gasteiger partial charge on any atom is 0.125 e. The zero-order valence-electron chi connectivity index (χ0n) is 12.0. The first-order valence-electron chi connectivity index (χ1n) is 7.18. The van der Waals surface area contributed by atoms with E-state index in [1.807, 2.05) is 45.0 Å². The molecule has 1 aromatic rings. The molecule has 19 heavy (non-hydrogen) atoms. The lowest BCUT2D eigenvalue weighted by Gasteiger charge is -2.25. The van der Waals surface area contributed by atoms with Crippen LogP contribution in [-0.4, -0.2) is 23.9 Å². The Balaban J connectivity index is 2.18. The van der Waals surface area contributed by atoms with Gasteiger partial charge >= 0.3 is 0 Å². The number of hydrogen-bond acceptors (Lipinski definition) is 3. The Morgan fingerprint density at radius 3 is 2.53 bits per heavy atom. The Morgan fingerprint density at radius 2 is 1.95 bits per heavy atom. The second-order valence-corrected chi connectivity index (χ2v) is 5.41. The summed E-state index contributed by atoms with van der Waals surface area (Å²) in [5, 5.41) is 10.6. The van der Waals surface area contributed by atoms with E-state index in [-0.39, 0.29) is 12.2 Å². The molecule has 3 heteroatoms. The Bertz CT molecular complexity index is 399. The summed E-state index contributed by atoms with van der Waals surface area (Å²) in [5.74, 6) is 1.25. The van der Waals surface area contributed by atoms with Crippen LogP contribution in [-0.2, 0) is 4.74 Å². The van der Waals surface area contributed by atoms with Crippen LogP contribution >= 0.6 is 0 Å². The van der Waals surface area contributed by atoms with Crippen LogP contribution in [0.2, 0.25) is 0 Å². The highest BCUT2D eigenvalue weighted by atomic mass is 16.5. The van der Waals surface area contributed by atoms with Crippen molar-refractivity contribution in [3.63, 3.8) is 0 Å². The standard InChI is InChI=1S/C16H24O3/c1-4-18-16(12-9-10-12)15(17)13-7-5-6-8-14(13)19-11(2)3/h5-8,11-12,15-17H,4,9-10H2,1-3H3. The average molecular weight is 264 g/mol. The molecule has 106 valence electrons. The fourth-order valence-corrected chi connectivity index (χ4v) is 2.37. The van der Waals surface area contributed by atoms with Gasteiger partial charge in [-0.1, -0.05) is 18.2 Å². The van der Waals surface area contributed by atoms with Crippen molar-refractivity contribution in [1.29, 1.82) is 0 Å². The van der Waals surface area contributed by atoms with Crippen LogP contribution in [0.5, 0.6) is 5.75 Å². The molecule has 0 bridgehead atoms. The normalized spacial score (nSPS) is 18.4. The summed E-state index contributed by atoms with van der Waals surface area (Å²) in [6, 6.07) is 7.70. The van der Waals surface area contributed by atoms with Gasteiger partial charge in [-0.15, -0.1) is 0 Å². The molecule has 1 fully saturated rings. The molecule has 1 aromatic carbocycles. The third-order valence-electron chi connectivity index (χ3n) is 3.36. The molecule has 0 aliphatic heterocycles. The summed E-state index contributed by atoms with van der Waals surface area (Å²) < 4.78 is 11.5. The van der Waals surface area contributed by atoms with Crippen molar-refractivity contribution >= 4 is 0 Å². The van der Waals surface area contributed by atoms with E-state index in [2.05, 4.69) is 0 Å². The monoisotopic (exact) mass is 264 g/mol. The van der Waals surface area contributed by atoms with Gasteiger partial charge in [-0.25, -0.2) is 0 Å². The fourth-order valence-electron chi connectivity index (χ4n) is 2.37. The van der Waals surface area contributed by atoms with E-state index in [1.54, 1.807) is 0 Å². The first kappa shape index (κ1) is 14.4. The molecule has 0 amide bonds. The van der Waals surface area contributed by atoms with Crippen LogP contribution in [0.1, 0.15) is 45.3 Å². The smallest absolute Gasteiger partial charge is 0.125 e. The first-order chi connectivity index (χ1) is 9.13. The van der Waals surface area contributed by atoms with Gasteiger partial charge in [0.2, 0.25) is 0 Å². The summed E-state index contributed by atoms with van der Waals surface area (Å²) in [5.41, 5.74) is 0.835. The summed E-state index contributed by atoms with van der Waals surface area (Å²) in [7, 11) is 0. The summed E-state index contributed by atoms with van der Waals surface area (Å²) in [6.45, 7) is 6.58. The van der Waals surface area contributed by atoms with Gasteiger partial charge in [0, 0.05) is 12.2 Å². The molecule has 2 atom stereocenters. The minimum Gasteiger partial charge on any atom is -0.491 e. The zero-order chi connectivity index (χ0) is 13.8. The third kappa shape index (κ3) is 3.71. The Labute approximate surface area is 115 Å². The minimum absolute atomic E-state index is 0.0971. The van der Waals surface area contributed by atoms with Crippen LogP contribution in [0.3, 0.4) is 0 Å². The van der Waals surface area contributed by atoms with E-state index in [0.717, 1.165) is 24.2 Å². The molecule has 0 aromatic heterocycles. The van der Waals surface area contributed by atoms with Gasteiger partial charge in [-0.3, -0.25) is 0 Å². The van der Waals surface area contributed by atoms with E-state index in [1.165, 1.54) is 0 Å². The minimum atomic E-state index is -0.609. The number of ether oxygens (including phenoxy) is 2. The predicted octanol–water partition coefficient (Wildman–Crippen LogP) is 3.32. The predicted molar refractivity (Wildman–Crippen MR) is 75.3 cm³/mol. The van der Waals surface area contributed by atoms with Crippen LogP contribution in [0, 0.1) is 5.92 Å². The van der Waals surface area contributed by atoms with Gasteiger partial charge in [0.1, 0.15) is 11.9 Å². The second kappa shape index (κ2) is 6.40. The van der Waals surface area contributed by atoms with Gasteiger partial charge < -0.3 is 14.6 Å². The van der Waals surface area contributed by atoms with E-state index in [9.17, 15) is 5.11 Å². The molecule has 2 rings (SSSR count). The van der Waals surface area contributed by atoms with E-state index in [0.29, 0.717) is 12.5 Å². The SMILES string of the molecule is CCOC(C1CC1)C(O)c1ccccc1OC(C)C. The van der Waals surface area contributed by atoms with Crippen LogP contribution in [0.25, 0.3) is 0 Å². The van der Waals surface area contributed by atoms with Crippen LogP contribution in [0.4, 0.5) is 0 Å². The number of benzene rings is 1. The van der Waals surface area contributed by atoms with Crippen molar-refractivity contribution < 1.29 is 14.6 Å². The lowest BCUT2D eigenvalue weighted by molar-refractivity contribution is -0.0473. The molecule has 1 aliphatic rings. The Kier molecular flexibility index (Phi) is 4.83. The van der Waals surface area contributed by atoms with Gasteiger partial charge in [0.25, 0.3) is 0 Å². The highest BCUT2D eigenvalue weighted by Gasteiger charge is 2.38. The number of para-hydroxylation sites is 1. The van der Waals surface area contributed by atoms with Crippen molar-refractivity contribution in [2.45, 2.75) is 51.9 Å². The molecule has 1 saturated carbocycles. The maximum absolute atomic E-state index is 10.6. The number of hydrogen-bond donors (Lipinski definition) is 1. The summed E-state index contributed by atoms with van der Waals surface area (Å²) >= 11 is 0. The van der Waals surface area contributed by atoms with E-state index in [4.69, 9.17) is 9.47 Å². The molecule has 0 saturated heterocycles. The van der Waals surface area contributed by atoms with Crippen molar-refractivity contribution in [2.75, 3.05) is 6.61 Å². The van der Waals surface area contributed by atoms with E-state index < -0.39 is 6.10 Å². The quantitative estimate of drug-likeness (QED) is 0.821. The number of aliphatic hydroxyl groups excluding tert-OH is 1. The first-order valence-corrected chi connectivity index (χ1v) is 7.18. The van der Waals surface area contributed by atoms with Crippen molar-refractivity contribution in [1.82, 2.24) is 0 Å². The van der Waals surface area contributed by atoms with Gasteiger partial charge in [-0.2, -0.15) is 0 Å². The highest BCUT2D eigenvalue weighted by Crippen LogP contribution is 2.41. The molecule has 2 unspecified atom stereocenters. The van der Waals surface area contributed by atoms with Crippen molar-refractivity contribution in [3.8, 4) is 5.75 Å². The van der Waals surface area contributed by atoms with Gasteiger partial charge in [0.15, 0.2) is 0 Å². The number of aliphatic hydroxyl groups is 1. The lowest BCUT2D eigenvalue weighted by Crippen LogP contribution is -2.25. The largest absolute Gasteiger partial charge is 0.491 e. The Morgan fingerprint density at radius 1 is 1.26 bits per heavy atom. The number of rotatable bonds is 7. The molecular weight excluding hydrogens is 240 g/mol. The van der Waals surface area contributed by atoms with Crippen LogP contribution in [0.15, 0.2) is 24.3 Å². The molecular formula is C16H24O3. The average Bonchev–Trinajstić information content (AvgIpc) is 3.19. The molecule has 0 spiro atoms. The molecule has 0 heterocycles. The topological polar surface area (TPSA) is 38.7 Å². The van der Waals surface area contributed by atoms with E-state index >= 15 is 0 Å². The Hall–Kier alpha value is -1.06. The maximum atomic E-state index is 10.6. The highest BCUT2D eigenvalue weighted by molar-refractivity contribution is 5.36. The molecule has 1 N–H and O–H groups in total. The summed E-state index contributed by atoms with van der Waals surface area (Å²) in [4.78, 5) is 0. The van der Waals surface area contributed by atoms with Crippen LogP contribution < -0.4 is 4.74 Å². The fraction of sp³-hybridized carbons (Fsp3) is 0.625. The zero-order valence-corrected chi connectivity index (χ0v) is 12.0. The third-order valence-corrected chi connectivity index (χ3v) is 3.36. The van der Waals surface area contributed by atoms with Gasteiger partial charge in [-0.05, 0) is 45.6 Å². The molecule has 1 aliphatic carbocycles.